The van der Waals surface area contributed by atoms with Crippen molar-refractivity contribution in [1.82, 2.24) is 16.0 Å². The molecule has 2 rings (SSSR count). The number of benzene rings is 2. The van der Waals surface area contributed by atoms with E-state index in [0.29, 0.717) is 30.8 Å². The van der Waals surface area contributed by atoms with Gasteiger partial charge in [-0.05, 0) is 111 Å². The van der Waals surface area contributed by atoms with Crippen molar-refractivity contribution in [2.45, 2.75) is 98.4 Å². The topological polar surface area (TPSA) is 156 Å². The van der Waals surface area contributed by atoms with Crippen LogP contribution < -0.4 is 21.3 Å². The average molecular weight is 626 g/mol. The standard InChI is InChI=1S/C33H47N5O7/c1-31(2,3)43-28(40)34-20-10-11-26(39)35-24-16-12-22(13-17-24)21-23-14-18-25(19-15-23)36-27(37-29(41)44-32(4,5)6)38-30(42)45-33(7,8)9/h12-19H,10-11,20-21H2,1-9H3,(H,34,40)(H,35,39)(H2,36,37,38,41,42). The minimum Gasteiger partial charge on any atom is -0.444 e. The maximum Gasteiger partial charge on any atom is 0.414 e. The summed E-state index contributed by atoms with van der Waals surface area (Å²) in [5.74, 6) is -0.283. The molecule has 12 heteroatoms. The first-order valence-corrected chi connectivity index (χ1v) is 14.8. The average Bonchev–Trinajstić information content (AvgIpc) is 2.85. The molecular weight excluding hydrogens is 578 g/mol. The molecule has 2 aromatic carbocycles. The van der Waals surface area contributed by atoms with Crippen molar-refractivity contribution in [2.24, 2.45) is 4.99 Å². The fourth-order valence-electron chi connectivity index (χ4n) is 3.62. The van der Waals surface area contributed by atoms with Crippen LogP contribution in [0.5, 0.6) is 0 Å². The van der Waals surface area contributed by atoms with E-state index < -0.39 is 35.1 Å². The van der Waals surface area contributed by atoms with Gasteiger partial charge in [-0.2, -0.15) is 0 Å². The van der Waals surface area contributed by atoms with Gasteiger partial charge in [-0.15, -0.1) is 0 Å². The minimum atomic E-state index is -0.774. The van der Waals surface area contributed by atoms with Gasteiger partial charge in [-0.25, -0.2) is 19.4 Å². The van der Waals surface area contributed by atoms with Crippen molar-refractivity contribution in [3.63, 3.8) is 0 Å². The highest BCUT2D eigenvalue weighted by Gasteiger charge is 2.21. The molecule has 0 aromatic heterocycles. The summed E-state index contributed by atoms with van der Waals surface area (Å²) in [6, 6.07) is 14.8. The van der Waals surface area contributed by atoms with E-state index in [2.05, 4.69) is 26.3 Å². The molecule has 0 aliphatic rings. The fraction of sp³-hybridized carbons (Fsp3) is 0.485. The maximum atomic E-state index is 12.3. The molecule has 0 unspecified atom stereocenters. The summed E-state index contributed by atoms with van der Waals surface area (Å²) in [6.07, 6.45) is -0.676. The van der Waals surface area contributed by atoms with E-state index in [0.717, 1.165) is 11.1 Å². The van der Waals surface area contributed by atoms with Gasteiger partial charge in [0.05, 0.1) is 5.69 Å². The van der Waals surface area contributed by atoms with Crippen LogP contribution in [0.15, 0.2) is 53.5 Å². The van der Waals surface area contributed by atoms with Gasteiger partial charge >= 0.3 is 18.3 Å². The third-order valence-electron chi connectivity index (χ3n) is 5.31. The number of anilines is 1. The number of ether oxygens (including phenoxy) is 3. The second-order valence-corrected chi connectivity index (χ2v) is 13.3. The van der Waals surface area contributed by atoms with E-state index in [9.17, 15) is 19.2 Å². The number of nitrogens with one attached hydrogen (secondary N) is 4. The second-order valence-electron chi connectivity index (χ2n) is 13.3. The van der Waals surface area contributed by atoms with Crippen LogP contribution in [-0.4, -0.2) is 53.5 Å². The SMILES string of the molecule is CC(C)(C)OC(=O)NCCCC(=O)Nc1ccc(Cc2ccc(N=C(NC(=O)OC(C)(C)C)NC(=O)OC(C)(C)C)cc2)cc1. The fourth-order valence-corrected chi connectivity index (χ4v) is 3.62. The Hall–Kier alpha value is -4.61. The normalized spacial score (nSPS) is 11.5. The molecule has 0 radical (unpaired) electrons. The number of hydrogen-bond acceptors (Lipinski definition) is 8. The predicted molar refractivity (Wildman–Crippen MR) is 174 cm³/mol. The third-order valence-corrected chi connectivity index (χ3v) is 5.31. The Balaban J connectivity index is 1.95. The number of carbonyl (C=O) groups is 4. The van der Waals surface area contributed by atoms with E-state index in [-0.39, 0.29) is 18.3 Å². The van der Waals surface area contributed by atoms with Gasteiger partial charge in [0, 0.05) is 18.7 Å². The molecule has 0 saturated carbocycles. The number of carbonyl (C=O) groups excluding carboxylic acids is 4. The van der Waals surface area contributed by atoms with Crippen LogP contribution in [0.2, 0.25) is 0 Å². The van der Waals surface area contributed by atoms with E-state index >= 15 is 0 Å². The molecule has 4 N–H and O–H groups in total. The van der Waals surface area contributed by atoms with Crippen molar-refractivity contribution in [1.29, 1.82) is 0 Å². The Labute approximate surface area is 265 Å². The van der Waals surface area contributed by atoms with Gasteiger partial charge in [0.25, 0.3) is 0 Å². The number of hydrogen-bond donors (Lipinski definition) is 4. The number of amides is 4. The number of nitrogens with zero attached hydrogens (tertiary/aromatic N) is 1. The predicted octanol–water partition coefficient (Wildman–Crippen LogP) is 6.56. The largest absolute Gasteiger partial charge is 0.444 e. The quantitative estimate of drug-likeness (QED) is 0.112. The van der Waals surface area contributed by atoms with Crippen molar-refractivity contribution >= 4 is 41.5 Å². The van der Waals surface area contributed by atoms with E-state index in [1.165, 1.54) is 0 Å². The van der Waals surface area contributed by atoms with Crippen LogP contribution in [0.25, 0.3) is 0 Å². The van der Waals surface area contributed by atoms with Crippen LogP contribution in [-0.2, 0) is 25.4 Å². The lowest BCUT2D eigenvalue weighted by Gasteiger charge is -2.22. The summed E-state index contributed by atoms with van der Waals surface area (Å²) in [7, 11) is 0. The highest BCUT2D eigenvalue weighted by molar-refractivity contribution is 6.02. The Bertz CT molecular complexity index is 1300. The van der Waals surface area contributed by atoms with Crippen molar-refractivity contribution in [3.8, 4) is 0 Å². The van der Waals surface area contributed by atoms with Gasteiger partial charge in [0.1, 0.15) is 16.8 Å². The van der Waals surface area contributed by atoms with Crippen LogP contribution in [0.4, 0.5) is 25.8 Å². The summed E-state index contributed by atoms with van der Waals surface area (Å²) in [5, 5.41) is 10.4. The maximum absolute atomic E-state index is 12.3. The zero-order valence-electron chi connectivity index (χ0n) is 27.8. The third kappa shape index (κ3) is 16.7. The molecule has 4 amide bonds. The molecule has 2 aromatic rings. The highest BCUT2D eigenvalue weighted by atomic mass is 16.6. The Morgan fingerprint density at radius 1 is 0.644 bits per heavy atom. The van der Waals surface area contributed by atoms with Gasteiger partial charge < -0.3 is 24.8 Å². The van der Waals surface area contributed by atoms with E-state index in [4.69, 9.17) is 14.2 Å². The van der Waals surface area contributed by atoms with Crippen LogP contribution in [0.3, 0.4) is 0 Å². The van der Waals surface area contributed by atoms with E-state index in [1.54, 1.807) is 74.4 Å². The van der Waals surface area contributed by atoms with Gasteiger partial charge in [0.15, 0.2) is 0 Å². The summed E-state index contributed by atoms with van der Waals surface area (Å²) >= 11 is 0. The number of rotatable bonds is 8. The molecule has 0 aliphatic carbocycles. The van der Waals surface area contributed by atoms with Crippen molar-refractivity contribution in [3.05, 3.63) is 59.7 Å². The van der Waals surface area contributed by atoms with Crippen LogP contribution in [0.1, 0.15) is 86.3 Å². The number of alkyl carbamates (subject to hydrolysis) is 3. The first kappa shape index (κ1) is 36.6. The molecule has 0 aliphatic heterocycles. The molecule has 0 spiro atoms. The molecule has 45 heavy (non-hydrogen) atoms. The van der Waals surface area contributed by atoms with Crippen molar-refractivity contribution in [2.75, 3.05) is 11.9 Å². The van der Waals surface area contributed by atoms with E-state index in [1.807, 2.05) is 36.4 Å². The molecule has 0 fully saturated rings. The Kier molecular flexibility index (Phi) is 12.9. The van der Waals surface area contributed by atoms with Crippen LogP contribution in [0, 0.1) is 0 Å². The lowest BCUT2D eigenvalue weighted by molar-refractivity contribution is -0.116. The molecule has 12 nitrogen and oxygen atoms in total. The number of aliphatic imine (C=N–C) groups is 1. The van der Waals surface area contributed by atoms with Crippen molar-refractivity contribution < 1.29 is 33.4 Å². The lowest BCUT2D eigenvalue weighted by Crippen LogP contribution is -2.47. The summed E-state index contributed by atoms with van der Waals surface area (Å²) in [5.41, 5.74) is 1.15. The summed E-state index contributed by atoms with van der Waals surface area (Å²) in [4.78, 5) is 53.0. The molecule has 246 valence electrons. The molecule has 0 saturated heterocycles. The minimum absolute atomic E-state index is 0.136. The highest BCUT2D eigenvalue weighted by Crippen LogP contribution is 2.18. The summed E-state index contributed by atoms with van der Waals surface area (Å²) in [6.45, 7) is 16.1. The lowest BCUT2D eigenvalue weighted by atomic mass is 10.0. The zero-order valence-corrected chi connectivity index (χ0v) is 27.8. The number of guanidine groups is 1. The molecule has 0 atom stereocenters. The first-order chi connectivity index (χ1) is 20.8. The zero-order chi connectivity index (χ0) is 33.8. The smallest absolute Gasteiger partial charge is 0.414 e. The molecule has 0 bridgehead atoms. The van der Waals surface area contributed by atoms with Gasteiger partial charge in [0.2, 0.25) is 11.9 Å². The first-order valence-electron chi connectivity index (χ1n) is 14.8. The second kappa shape index (κ2) is 15.9. The van der Waals surface area contributed by atoms with Gasteiger partial charge in [-0.1, -0.05) is 24.3 Å². The van der Waals surface area contributed by atoms with Gasteiger partial charge in [-0.3, -0.25) is 15.4 Å². The Morgan fingerprint density at radius 2 is 1.09 bits per heavy atom. The van der Waals surface area contributed by atoms with Crippen LogP contribution >= 0.6 is 0 Å². The molecular formula is C33H47N5O7. The Morgan fingerprint density at radius 3 is 1.56 bits per heavy atom. The molecule has 0 heterocycles. The summed E-state index contributed by atoms with van der Waals surface area (Å²) < 4.78 is 15.7. The monoisotopic (exact) mass is 625 g/mol.